The van der Waals surface area contributed by atoms with Crippen molar-refractivity contribution in [3.63, 3.8) is 0 Å². The summed E-state index contributed by atoms with van der Waals surface area (Å²) < 4.78 is 22.8. The summed E-state index contributed by atoms with van der Waals surface area (Å²) in [5.74, 6) is -1.71. The molecule has 0 fully saturated rings. The van der Waals surface area contributed by atoms with Crippen molar-refractivity contribution < 1.29 is 28.2 Å². The molecule has 0 heterocycles. The summed E-state index contributed by atoms with van der Waals surface area (Å²) in [5.41, 5.74) is -0.263. The quantitative estimate of drug-likeness (QED) is 0.391. The van der Waals surface area contributed by atoms with Crippen LogP contribution in [-0.2, 0) is 14.3 Å². The van der Waals surface area contributed by atoms with E-state index in [1.54, 1.807) is 6.92 Å². The van der Waals surface area contributed by atoms with Gasteiger partial charge >= 0.3 is 6.16 Å². The van der Waals surface area contributed by atoms with Gasteiger partial charge in [0.25, 0.3) is 0 Å². The molecule has 108 valence electrons. The number of halogens is 2. The lowest BCUT2D eigenvalue weighted by Crippen LogP contribution is -2.14. The van der Waals surface area contributed by atoms with Gasteiger partial charge in [0.2, 0.25) is 5.91 Å². The van der Waals surface area contributed by atoms with Crippen molar-refractivity contribution in [3.05, 3.63) is 23.0 Å². The number of carbonyl (C=O) groups is 3. The van der Waals surface area contributed by atoms with Gasteiger partial charge in [-0.2, -0.15) is 0 Å². The molecule has 0 saturated carbocycles. The molecule has 8 heteroatoms. The lowest BCUT2D eigenvalue weighted by atomic mass is 10.2. The third-order valence-electron chi connectivity index (χ3n) is 2.02. The standard InChI is InChI=1S/C12H11ClFNO5/c1-2-19-12(18)20-10-6-9(8(14)5-7(10)13)15-11(17)3-4-16/h4-6H,2-3H2,1H3,(H,15,17). The van der Waals surface area contributed by atoms with Gasteiger partial charge in [-0.15, -0.1) is 0 Å². The summed E-state index contributed by atoms with van der Waals surface area (Å²) in [6, 6.07) is 1.89. The summed E-state index contributed by atoms with van der Waals surface area (Å²) in [5, 5.41) is 1.99. The van der Waals surface area contributed by atoms with Crippen LogP contribution in [0.5, 0.6) is 5.75 Å². The molecule has 0 spiro atoms. The molecule has 0 aromatic heterocycles. The average Bonchev–Trinajstić information content (AvgIpc) is 2.35. The minimum Gasteiger partial charge on any atom is -0.434 e. The number of aldehydes is 1. The molecule has 1 aromatic rings. The van der Waals surface area contributed by atoms with Gasteiger partial charge in [0.15, 0.2) is 5.75 Å². The maximum atomic E-state index is 13.6. The third-order valence-corrected chi connectivity index (χ3v) is 2.32. The van der Waals surface area contributed by atoms with Crippen molar-refractivity contribution in [1.82, 2.24) is 0 Å². The van der Waals surface area contributed by atoms with Crippen LogP contribution < -0.4 is 10.1 Å². The molecule has 1 amide bonds. The van der Waals surface area contributed by atoms with Gasteiger partial charge in [-0.05, 0) is 13.0 Å². The van der Waals surface area contributed by atoms with E-state index in [0.717, 1.165) is 12.1 Å². The van der Waals surface area contributed by atoms with Crippen molar-refractivity contribution in [2.75, 3.05) is 11.9 Å². The van der Waals surface area contributed by atoms with Crippen LogP contribution in [0.25, 0.3) is 0 Å². The van der Waals surface area contributed by atoms with Crippen molar-refractivity contribution in [3.8, 4) is 5.75 Å². The van der Waals surface area contributed by atoms with Crippen molar-refractivity contribution >= 4 is 35.6 Å². The SMILES string of the molecule is CCOC(=O)Oc1cc(NC(=O)CC=O)c(F)cc1Cl. The predicted octanol–water partition coefficient (Wildman–Crippen LogP) is 2.54. The van der Waals surface area contributed by atoms with Gasteiger partial charge < -0.3 is 19.6 Å². The van der Waals surface area contributed by atoms with Crippen LogP contribution in [0.2, 0.25) is 5.02 Å². The van der Waals surface area contributed by atoms with E-state index in [1.807, 2.05) is 0 Å². The Morgan fingerprint density at radius 3 is 2.75 bits per heavy atom. The topological polar surface area (TPSA) is 81.7 Å². The minimum atomic E-state index is -1.01. The second-order valence-corrected chi connectivity index (χ2v) is 3.87. The van der Waals surface area contributed by atoms with Crippen LogP contribution in [0.4, 0.5) is 14.9 Å². The zero-order valence-electron chi connectivity index (χ0n) is 10.4. The van der Waals surface area contributed by atoms with Gasteiger partial charge in [0.05, 0.1) is 23.7 Å². The lowest BCUT2D eigenvalue weighted by molar-refractivity contribution is -0.120. The van der Waals surface area contributed by atoms with Crippen LogP contribution in [0.15, 0.2) is 12.1 Å². The summed E-state index contributed by atoms with van der Waals surface area (Å²) in [6.45, 7) is 1.68. The van der Waals surface area contributed by atoms with E-state index in [0.29, 0.717) is 6.29 Å². The zero-order chi connectivity index (χ0) is 15.1. The number of benzene rings is 1. The first-order chi connectivity index (χ1) is 9.47. The molecule has 0 atom stereocenters. The Labute approximate surface area is 118 Å². The summed E-state index contributed by atoms with van der Waals surface area (Å²) in [6.07, 6.45) is -1.05. The smallest absolute Gasteiger partial charge is 0.434 e. The van der Waals surface area contributed by atoms with Gasteiger partial charge in [-0.25, -0.2) is 9.18 Å². The number of hydrogen-bond donors (Lipinski definition) is 1. The number of anilines is 1. The van der Waals surface area contributed by atoms with E-state index in [9.17, 15) is 18.8 Å². The summed E-state index contributed by atoms with van der Waals surface area (Å²) >= 11 is 5.70. The Kier molecular flexibility index (Phi) is 5.92. The number of ether oxygens (including phenoxy) is 2. The summed E-state index contributed by atoms with van der Waals surface area (Å²) in [4.78, 5) is 32.5. The molecular weight excluding hydrogens is 293 g/mol. The highest BCUT2D eigenvalue weighted by molar-refractivity contribution is 6.32. The van der Waals surface area contributed by atoms with E-state index in [2.05, 4.69) is 10.1 Å². The molecule has 0 aliphatic heterocycles. The molecule has 1 rings (SSSR count). The second-order valence-electron chi connectivity index (χ2n) is 3.47. The minimum absolute atomic E-state index is 0.0978. The fourth-order valence-electron chi connectivity index (χ4n) is 1.22. The Morgan fingerprint density at radius 2 is 2.15 bits per heavy atom. The largest absolute Gasteiger partial charge is 0.513 e. The van der Waals surface area contributed by atoms with Crippen LogP contribution >= 0.6 is 11.6 Å². The highest BCUT2D eigenvalue weighted by atomic mass is 35.5. The molecular formula is C12H11ClFNO5. The first kappa shape index (κ1) is 15.9. The van der Waals surface area contributed by atoms with E-state index in [-0.39, 0.29) is 23.1 Å². The van der Waals surface area contributed by atoms with Crippen LogP contribution in [0.3, 0.4) is 0 Å². The maximum Gasteiger partial charge on any atom is 0.513 e. The lowest BCUT2D eigenvalue weighted by Gasteiger charge is -2.10. The number of nitrogens with one attached hydrogen (secondary N) is 1. The molecule has 0 unspecified atom stereocenters. The van der Waals surface area contributed by atoms with Gasteiger partial charge in [0.1, 0.15) is 12.1 Å². The molecule has 0 bridgehead atoms. The highest BCUT2D eigenvalue weighted by Gasteiger charge is 2.15. The first-order valence-corrected chi connectivity index (χ1v) is 5.92. The number of amides is 1. The Hall–Kier alpha value is -2.15. The highest BCUT2D eigenvalue weighted by Crippen LogP contribution is 2.30. The maximum absolute atomic E-state index is 13.6. The number of rotatable bonds is 5. The Bertz CT molecular complexity index is 535. The second kappa shape index (κ2) is 7.44. The first-order valence-electron chi connectivity index (χ1n) is 5.55. The van der Waals surface area contributed by atoms with E-state index in [4.69, 9.17) is 16.3 Å². The monoisotopic (exact) mass is 303 g/mol. The molecule has 0 saturated heterocycles. The molecule has 0 aliphatic rings. The van der Waals surface area contributed by atoms with Gasteiger partial charge in [-0.3, -0.25) is 4.79 Å². The molecule has 20 heavy (non-hydrogen) atoms. The Morgan fingerprint density at radius 1 is 1.45 bits per heavy atom. The molecule has 1 N–H and O–H groups in total. The van der Waals surface area contributed by atoms with Crippen molar-refractivity contribution in [2.45, 2.75) is 13.3 Å². The normalized spacial score (nSPS) is 9.75. The molecule has 6 nitrogen and oxygen atoms in total. The van der Waals surface area contributed by atoms with Crippen LogP contribution in [-0.4, -0.2) is 25.0 Å². The zero-order valence-corrected chi connectivity index (χ0v) is 11.2. The summed E-state index contributed by atoms with van der Waals surface area (Å²) in [7, 11) is 0. The van der Waals surface area contributed by atoms with E-state index in [1.165, 1.54) is 0 Å². The van der Waals surface area contributed by atoms with Crippen molar-refractivity contribution in [1.29, 1.82) is 0 Å². The average molecular weight is 304 g/mol. The number of carbonyl (C=O) groups excluding carboxylic acids is 3. The van der Waals surface area contributed by atoms with Crippen LogP contribution in [0.1, 0.15) is 13.3 Å². The third kappa shape index (κ3) is 4.51. The van der Waals surface area contributed by atoms with Crippen LogP contribution in [0, 0.1) is 5.82 Å². The van der Waals surface area contributed by atoms with Gasteiger partial charge in [-0.1, -0.05) is 11.6 Å². The van der Waals surface area contributed by atoms with E-state index < -0.39 is 24.3 Å². The van der Waals surface area contributed by atoms with E-state index >= 15 is 0 Å². The molecule has 0 radical (unpaired) electrons. The molecule has 0 aliphatic carbocycles. The Balaban J connectivity index is 2.93. The molecule has 1 aromatic carbocycles. The fourth-order valence-corrected chi connectivity index (χ4v) is 1.41. The van der Waals surface area contributed by atoms with Crippen molar-refractivity contribution in [2.24, 2.45) is 0 Å². The number of hydrogen-bond acceptors (Lipinski definition) is 5. The fraction of sp³-hybridized carbons (Fsp3) is 0.250. The predicted molar refractivity (Wildman–Crippen MR) is 68.4 cm³/mol. The van der Waals surface area contributed by atoms with Gasteiger partial charge in [0, 0.05) is 6.07 Å².